The standard InChI is InChI=1S/C53H104NO7P/c1-3-5-7-9-11-13-15-17-19-21-23-24-25-26-27-29-31-33-35-37-39-41-43-45-48-58-50-52(51-60-62(56,57)59-49-47-54)61-53(55)46-44-42-40-38-36-34-32-30-28-22-20-18-16-14-12-10-8-6-4-2/h15,17,21,23,52H,3-14,16,18-20,22,24-51,54H2,1-2H3,(H,56,57)/b17-15-,23-21-. The van der Waals surface area contributed by atoms with Crippen molar-refractivity contribution in [2.45, 2.75) is 277 Å². The first-order valence-corrected chi connectivity index (χ1v) is 28.3. The monoisotopic (exact) mass is 898 g/mol. The lowest BCUT2D eigenvalue weighted by Gasteiger charge is -2.20. The summed E-state index contributed by atoms with van der Waals surface area (Å²) in [6.45, 7) is 4.97. The summed E-state index contributed by atoms with van der Waals surface area (Å²) in [6, 6.07) is 0. The van der Waals surface area contributed by atoms with Gasteiger partial charge >= 0.3 is 13.8 Å². The summed E-state index contributed by atoms with van der Waals surface area (Å²) in [7, 11) is -4.28. The van der Waals surface area contributed by atoms with Crippen molar-refractivity contribution in [2.24, 2.45) is 5.73 Å². The van der Waals surface area contributed by atoms with E-state index in [1.807, 2.05) is 0 Å². The number of carbonyl (C=O) groups is 1. The van der Waals surface area contributed by atoms with E-state index < -0.39 is 13.9 Å². The lowest BCUT2D eigenvalue weighted by molar-refractivity contribution is -0.154. The summed E-state index contributed by atoms with van der Waals surface area (Å²) in [5.41, 5.74) is 5.39. The van der Waals surface area contributed by atoms with E-state index >= 15 is 0 Å². The average molecular weight is 898 g/mol. The Morgan fingerprint density at radius 3 is 1.26 bits per heavy atom. The molecule has 3 N–H and O–H groups in total. The number of unbranched alkanes of at least 4 members (excludes halogenated alkanes) is 35. The number of phosphoric ester groups is 1. The van der Waals surface area contributed by atoms with E-state index in [4.69, 9.17) is 24.3 Å². The third-order valence-electron chi connectivity index (χ3n) is 11.9. The molecule has 0 aromatic carbocycles. The summed E-state index contributed by atoms with van der Waals surface area (Å²) in [4.78, 5) is 22.6. The van der Waals surface area contributed by atoms with Gasteiger partial charge in [-0.2, -0.15) is 0 Å². The van der Waals surface area contributed by atoms with Crippen LogP contribution < -0.4 is 5.73 Å². The number of ether oxygens (including phenoxy) is 2. The number of allylic oxidation sites excluding steroid dienone is 4. The van der Waals surface area contributed by atoms with Gasteiger partial charge in [-0.05, 0) is 44.9 Å². The summed E-state index contributed by atoms with van der Waals surface area (Å²) >= 11 is 0. The lowest BCUT2D eigenvalue weighted by Crippen LogP contribution is -2.28. The Morgan fingerprint density at radius 1 is 0.484 bits per heavy atom. The fourth-order valence-electron chi connectivity index (χ4n) is 7.91. The zero-order valence-electron chi connectivity index (χ0n) is 41.1. The number of nitrogens with two attached hydrogens (primary N) is 1. The van der Waals surface area contributed by atoms with Gasteiger partial charge in [0, 0.05) is 19.6 Å². The van der Waals surface area contributed by atoms with Crippen LogP contribution in [0.4, 0.5) is 0 Å². The van der Waals surface area contributed by atoms with Crippen LogP contribution in [-0.2, 0) is 27.9 Å². The molecule has 0 fully saturated rings. The largest absolute Gasteiger partial charge is 0.472 e. The van der Waals surface area contributed by atoms with Gasteiger partial charge < -0.3 is 20.1 Å². The van der Waals surface area contributed by atoms with Gasteiger partial charge in [0.2, 0.25) is 0 Å². The van der Waals surface area contributed by atoms with Crippen molar-refractivity contribution < 1.29 is 32.8 Å². The molecule has 0 aromatic heterocycles. The fraction of sp³-hybridized carbons (Fsp3) is 0.906. The molecule has 0 radical (unpaired) electrons. The van der Waals surface area contributed by atoms with Gasteiger partial charge in [0.1, 0.15) is 6.10 Å². The zero-order chi connectivity index (χ0) is 45.1. The quantitative estimate of drug-likeness (QED) is 0.0268. The van der Waals surface area contributed by atoms with Crippen LogP contribution in [0, 0.1) is 0 Å². The molecule has 2 unspecified atom stereocenters. The first-order chi connectivity index (χ1) is 30.4. The highest BCUT2D eigenvalue weighted by molar-refractivity contribution is 7.47. The van der Waals surface area contributed by atoms with Crippen LogP contribution in [0.25, 0.3) is 0 Å². The van der Waals surface area contributed by atoms with Crippen LogP contribution in [-0.4, -0.2) is 49.9 Å². The van der Waals surface area contributed by atoms with Crippen LogP contribution in [0.15, 0.2) is 24.3 Å². The smallest absolute Gasteiger partial charge is 0.457 e. The van der Waals surface area contributed by atoms with Crippen LogP contribution >= 0.6 is 7.82 Å². The normalized spacial score (nSPS) is 13.4. The SMILES string of the molecule is CCCCCCC/C=C\C/C=C\CCCCCCCCCCCCCCOCC(COP(=O)(O)OCCN)OC(=O)CCCCCCCCCCCCCCCCCCCCC. The molecule has 0 aliphatic rings. The van der Waals surface area contributed by atoms with E-state index in [-0.39, 0.29) is 32.3 Å². The third-order valence-corrected chi connectivity index (χ3v) is 12.9. The molecule has 0 aliphatic carbocycles. The Hall–Kier alpha value is -1.02. The van der Waals surface area contributed by atoms with Gasteiger partial charge in [-0.3, -0.25) is 13.8 Å². The van der Waals surface area contributed by atoms with Crippen LogP contribution in [0.3, 0.4) is 0 Å². The molecular weight excluding hydrogens is 794 g/mol. The molecule has 0 saturated heterocycles. The molecule has 368 valence electrons. The number of rotatable bonds is 52. The van der Waals surface area contributed by atoms with Crippen molar-refractivity contribution >= 4 is 13.8 Å². The van der Waals surface area contributed by atoms with Crippen molar-refractivity contribution in [3.8, 4) is 0 Å². The number of esters is 1. The highest BCUT2D eigenvalue weighted by Crippen LogP contribution is 2.43. The second-order valence-corrected chi connectivity index (χ2v) is 19.6. The summed E-state index contributed by atoms with van der Waals surface area (Å²) < 4.78 is 33.6. The van der Waals surface area contributed by atoms with Crippen molar-refractivity contribution in [1.82, 2.24) is 0 Å². The highest BCUT2D eigenvalue weighted by Gasteiger charge is 2.25. The molecule has 2 atom stereocenters. The topological polar surface area (TPSA) is 117 Å². The predicted octanol–water partition coefficient (Wildman–Crippen LogP) is 16.8. The number of phosphoric acid groups is 1. The summed E-state index contributed by atoms with van der Waals surface area (Å²) in [6.07, 6.45) is 59.3. The van der Waals surface area contributed by atoms with Gasteiger partial charge in [-0.25, -0.2) is 4.57 Å². The molecular formula is C53H104NO7P. The molecule has 9 heteroatoms. The Balaban J connectivity index is 3.88. The molecule has 0 saturated carbocycles. The maximum atomic E-state index is 12.7. The molecule has 0 amide bonds. The molecule has 0 aliphatic heterocycles. The first-order valence-electron chi connectivity index (χ1n) is 26.8. The molecule has 0 bridgehead atoms. The van der Waals surface area contributed by atoms with Gasteiger partial charge in [-0.15, -0.1) is 0 Å². The Bertz CT molecular complexity index is 1010. The molecule has 0 aromatic rings. The van der Waals surface area contributed by atoms with Gasteiger partial charge in [-0.1, -0.05) is 244 Å². The van der Waals surface area contributed by atoms with Crippen molar-refractivity contribution in [3.63, 3.8) is 0 Å². The second kappa shape index (κ2) is 51.0. The average Bonchev–Trinajstić information content (AvgIpc) is 3.26. The van der Waals surface area contributed by atoms with Gasteiger partial charge in [0.05, 0.1) is 19.8 Å². The molecule has 0 heterocycles. The maximum Gasteiger partial charge on any atom is 0.472 e. The minimum absolute atomic E-state index is 0.0928. The number of hydrogen-bond acceptors (Lipinski definition) is 7. The van der Waals surface area contributed by atoms with Crippen molar-refractivity contribution in [3.05, 3.63) is 24.3 Å². The highest BCUT2D eigenvalue weighted by atomic mass is 31.2. The molecule has 62 heavy (non-hydrogen) atoms. The predicted molar refractivity (Wildman–Crippen MR) is 266 cm³/mol. The van der Waals surface area contributed by atoms with E-state index in [9.17, 15) is 14.3 Å². The first kappa shape index (κ1) is 61.0. The summed E-state index contributed by atoms with van der Waals surface area (Å²) in [5.74, 6) is -0.324. The van der Waals surface area contributed by atoms with Crippen LogP contribution in [0.5, 0.6) is 0 Å². The van der Waals surface area contributed by atoms with E-state index in [0.29, 0.717) is 13.0 Å². The van der Waals surface area contributed by atoms with Crippen LogP contribution in [0.2, 0.25) is 0 Å². The number of carbonyl (C=O) groups excluding carboxylic acids is 1. The van der Waals surface area contributed by atoms with E-state index in [0.717, 1.165) is 38.5 Å². The maximum absolute atomic E-state index is 12.7. The number of hydrogen-bond donors (Lipinski definition) is 2. The van der Waals surface area contributed by atoms with Gasteiger partial charge in [0.15, 0.2) is 0 Å². The van der Waals surface area contributed by atoms with Crippen molar-refractivity contribution in [1.29, 1.82) is 0 Å². The van der Waals surface area contributed by atoms with E-state index in [2.05, 4.69) is 38.2 Å². The fourth-order valence-corrected chi connectivity index (χ4v) is 8.68. The molecule has 8 nitrogen and oxygen atoms in total. The third kappa shape index (κ3) is 50.0. The van der Waals surface area contributed by atoms with Crippen molar-refractivity contribution in [2.75, 3.05) is 33.0 Å². The Morgan fingerprint density at radius 2 is 0.855 bits per heavy atom. The second-order valence-electron chi connectivity index (χ2n) is 18.1. The Kier molecular flexibility index (Phi) is 50.1. The Labute approximate surface area is 385 Å². The molecule has 0 rings (SSSR count). The minimum atomic E-state index is -4.28. The van der Waals surface area contributed by atoms with E-state index in [1.54, 1.807) is 0 Å². The van der Waals surface area contributed by atoms with Gasteiger partial charge in [0.25, 0.3) is 0 Å². The minimum Gasteiger partial charge on any atom is -0.457 e. The van der Waals surface area contributed by atoms with E-state index in [1.165, 1.54) is 212 Å². The molecule has 0 spiro atoms. The lowest BCUT2D eigenvalue weighted by atomic mass is 10.0. The summed E-state index contributed by atoms with van der Waals surface area (Å²) in [5, 5.41) is 0. The van der Waals surface area contributed by atoms with Crippen LogP contribution in [0.1, 0.15) is 271 Å². The zero-order valence-corrected chi connectivity index (χ0v) is 42.0.